The van der Waals surface area contributed by atoms with Gasteiger partial charge in [0.15, 0.2) is 0 Å². The monoisotopic (exact) mass is 265 g/mol. The fourth-order valence-electron chi connectivity index (χ4n) is 2.24. The van der Waals surface area contributed by atoms with Crippen LogP contribution in [0.25, 0.3) is 0 Å². The van der Waals surface area contributed by atoms with Gasteiger partial charge >= 0.3 is 0 Å². The lowest BCUT2D eigenvalue weighted by molar-refractivity contribution is 0.497. The molecule has 0 radical (unpaired) electrons. The van der Waals surface area contributed by atoms with Crippen LogP contribution in [0.15, 0.2) is 24.3 Å². The topological polar surface area (TPSA) is 12.0 Å². The van der Waals surface area contributed by atoms with Gasteiger partial charge in [-0.15, -0.1) is 0 Å². The van der Waals surface area contributed by atoms with Gasteiger partial charge in [0.2, 0.25) is 0 Å². The van der Waals surface area contributed by atoms with Gasteiger partial charge in [0.05, 0.1) is 0 Å². The number of nitrogens with one attached hydrogen (secondary N) is 1. The van der Waals surface area contributed by atoms with Crippen molar-refractivity contribution in [2.24, 2.45) is 5.92 Å². The fraction of sp³-hybridized carbons (Fsp3) is 0.647. The van der Waals surface area contributed by atoms with E-state index in [9.17, 15) is 4.39 Å². The molecular weight excluding hydrogens is 237 g/mol. The number of rotatable bonds is 9. The van der Waals surface area contributed by atoms with E-state index in [1.54, 1.807) is 12.1 Å². The van der Waals surface area contributed by atoms with Gasteiger partial charge < -0.3 is 5.32 Å². The highest BCUT2D eigenvalue weighted by Gasteiger charge is 2.04. The van der Waals surface area contributed by atoms with Crippen molar-refractivity contribution in [1.29, 1.82) is 0 Å². The molecule has 1 rings (SSSR count). The van der Waals surface area contributed by atoms with E-state index < -0.39 is 0 Å². The summed E-state index contributed by atoms with van der Waals surface area (Å²) >= 11 is 0. The van der Waals surface area contributed by atoms with E-state index in [1.807, 2.05) is 6.07 Å². The highest BCUT2D eigenvalue weighted by Crippen LogP contribution is 2.14. The Morgan fingerprint density at radius 3 is 2.47 bits per heavy atom. The molecule has 108 valence electrons. The maximum absolute atomic E-state index is 13.1. The Morgan fingerprint density at radius 2 is 1.79 bits per heavy atom. The van der Waals surface area contributed by atoms with Crippen molar-refractivity contribution in [3.8, 4) is 0 Å². The molecule has 0 aromatic heterocycles. The van der Waals surface area contributed by atoms with E-state index in [-0.39, 0.29) is 11.9 Å². The molecule has 0 fully saturated rings. The lowest BCUT2D eigenvalue weighted by atomic mass is 10.0. The van der Waals surface area contributed by atoms with Crippen LogP contribution in [0.4, 0.5) is 4.39 Å². The molecule has 0 aliphatic carbocycles. The van der Waals surface area contributed by atoms with Crippen LogP contribution in [0, 0.1) is 11.7 Å². The third-order valence-corrected chi connectivity index (χ3v) is 3.51. The number of unbranched alkanes of at least 4 members (excludes halogenated alkanes) is 3. The van der Waals surface area contributed by atoms with Crippen LogP contribution < -0.4 is 5.32 Å². The highest BCUT2D eigenvalue weighted by atomic mass is 19.1. The van der Waals surface area contributed by atoms with Crippen molar-refractivity contribution >= 4 is 0 Å². The molecule has 2 heteroatoms. The average Bonchev–Trinajstić information content (AvgIpc) is 2.37. The van der Waals surface area contributed by atoms with Crippen molar-refractivity contribution in [1.82, 2.24) is 5.32 Å². The number of benzene rings is 1. The van der Waals surface area contributed by atoms with Crippen molar-refractivity contribution < 1.29 is 4.39 Å². The summed E-state index contributed by atoms with van der Waals surface area (Å²) in [5.41, 5.74) is 1.03. The minimum Gasteiger partial charge on any atom is -0.310 e. The summed E-state index contributed by atoms with van der Waals surface area (Å²) in [5.74, 6) is 0.672. The second-order valence-corrected chi connectivity index (χ2v) is 5.83. The van der Waals surface area contributed by atoms with E-state index >= 15 is 0 Å². The summed E-state index contributed by atoms with van der Waals surface area (Å²) < 4.78 is 13.1. The maximum Gasteiger partial charge on any atom is 0.123 e. The second kappa shape index (κ2) is 9.08. The van der Waals surface area contributed by atoms with Gasteiger partial charge in [0.25, 0.3) is 0 Å². The van der Waals surface area contributed by atoms with Gasteiger partial charge in [0, 0.05) is 6.04 Å². The van der Waals surface area contributed by atoms with E-state index in [1.165, 1.54) is 38.2 Å². The van der Waals surface area contributed by atoms with Crippen LogP contribution in [0.5, 0.6) is 0 Å². The zero-order valence-corrected chi connectivity index (χ0v) is 12.6. The highest BCUT2D eigenvalue weighted by molar-refractivity contribution is 5.19. The summed E-state index contributed by atoms with van der Waals surface area (Å²) in [7, 11) is 0. The molecule has 0 saturated carbocycles. The molecule has 0 heterocycles. The molecule has 0 amide bonds. The van der Waals surface area contributed by atoms with Crippen molar-refractivity contribution in [3.63, 3.8) is 0 Å². The van der Waals surface area contributed by atoms with Crippen molar-refractivity contribution in [2.45, 2.75) is 58.9 Å². The summed E-state index contributed by atoms with van der Waals surface area (Å²) in [5, 5.41) is 3.46. The van der Waals surface area contributed by atoms with Crippen LogP contribution in [-0.2, 0) is 0 Å². The molecule has 0 saturated heterocycles. The molecule has 1 aromatic carbocycles. The largest absolute Gasteiger partial charge is 0.310 e. The Balaban J connectivity index is 2.09. The second-order valence-electron chi connectivity index (χ2n) is 5.83. The van der Waals surface area contributed by atoms with Crippen molar-refractivity contribution in [3.05, 3.63) is 35.6 Å². The van der Waals surface area contributed by atoms with Crippen LogP contribution >= 0.6 is 0 Å². The molecule has 0 spiro atoms. The average molecular weight is 265 g/mol. The molecule has 1 N–H and O–H groups in total. The third kappa shape index (κ3) is 7.31. The van der Waals surface area contributed by atoms with Crippen LogP contribution in [-0.4, -0.2) is 6.54 Å². The standard InChI is InChI=1S/C17H28FN/c1-14(2)9-6-4-5-7-12-19-15(3)16-10-8-11-17(18)13-16/h8,10-11,13-15,19H,4-7,9,12H2,1-3H3. The molecule has 1 aromatic rings. The van der Waals surface area contributed by atoms with Gasteiger partial charge in [0.1, 0.15) is 5.82 Å². The molecule has 1 atom stereocenters. The number of hydrogen-bond acceptors (Lipinski definition) is 1. The van der Waals surface area contributed by atoms with Gasteiger partial charge in [-0.25, -0.2) is 4.39 Å². The number of hydrogen-bond donors (Lipinski definition) is 1. The first-order valence-corrected chi connectivity index (χ1v) is 7.58. The maximum atomic E-state index is 13.1. The van der Waals surface area contributed by atoms with Gasteiger partial charge in [-0.3, -0.25) is 0 Å². The SMILES string of the molecule is CC(C)CCCCCCNC(C)c1cccc(F)c1. The van der Waals surface area contributed by atoms with Gasteiger partial charge in [-0.1, -0.05) is 51.7 Å². The van der Waals surface area contributed by atoms with Gasteiger partial charge in [-0.05, 0) is 43.5 Å². The minimum absolute atomic E-state index is 0.153. The van der Waals surface area contributed by atoms with E-state index in [0.29, 0.717) is 0 Å². The fourth-order valence-corrected chi connectivity index (χ4v) is 2.24. The predicted molar refractivity (Wildman–Crippen MR) is 80.7 cm³/mol. The predicted octanol–water partition coefficient (Wildman–Crippen LogP) is 5.08. The molecule has 0 aliphatic heterocycles. The molecule has 1 unspecified atom stereocenters. The Hall–Kier alpha value is -0.890. The summed E-state index contributed by atoms with van der Waals surface area (Å²) in [4.78, 5) is 0. The summed E-state index contributed by atoms with van der Waals surface area (Å²) in [6.45, 7) is 7.66. The van der Waals surface area contributed by atoms with Crippen LogP contribution in [0.3, 0.4) is 0 Å². The molecule has 1 nitrogen and oxygen atoms in total. The number of halogens is 1. The molecule has 19 heavy (non-hydrogen) atoms. The quantitative estimate of drug-likeness (QED) is 0.614. The Labute approximate surface area is 117 Å². The Morgan fingerprint density at radius 1 is 1.05 bits per heavy atom. The van der Waals surface area contributed by atoms with E-state index in [4.69, 9.17) is 0 Å². The normalized spacial score (nSPS) is 12.9. The molecule has 0 aliphatic rings. The molecular formula is C17H28FN. The zero-order valence-electron chi connectivity index (χ0n) is 12.6. The first-order valence-electron chi connectivity index (χ1n) is 7.58. The Bertz CT molecular complexity index is 349. The van der Waals surface area contributed by atoms with Crippen LogP contribution in [0.2, 0.25) is 0 Å². The lowest BCUT2D eigenvalue weighted by Crippen LogP contribution is -2.19. The van der Waals surface area contributed by atoms with Gasteiger partial charge in [-0.2, -0.15) is 0 Å². The first kappa shape index (κ1) is 16.2. The van der Waals surface area contributed by atoms with E-state index in [2.05, 4.69) is 26.1 Å². The van der Waals surface area contributed by atoms with Crippen molar-refractivity contribution in [2.75, 3.05) is 6.54 Å². The Kier molecular flexibility index (Phi) is 7.73. The first-order chi connectivity index (χ1) is 9.09. The van der Waals surface area contributed by atoms with Crippen LogP contribution in [0.1, 0.15) is 64.5 Å². The zero-order chi connectivity index (χ0) is 14.1. The molecule has 0 bridgehead atoms. The minimum atomic E-state index is -0.153. The third-order valence-electron chi connectivity index (χ3n) is 3.51. The van der Waals surface area contributed by atoms with E-state index in [0.717, 1.165) is 18.0 Å². The smallest absolute Gasteiger partial charge is 0.123 e. The summed E-state index contributed by atoms with van der Waals surface area (Å²) in [6.07, 6.45) is 6.51. The summed E-state index contributed by atoms with van der Waals surface area (Å²) in [6, 6.07) is 7.08. The lowest BCUT2D eigenvalue weighted by Gasteiger charge is -2.14.